The van der Waals surface area contributed by atoms with Crippen molar-refractivity contribution in [1.82, 2.24) is 0 Å². The minimum Gasteiger partial charge on any atom is -0.504 e. The Bertz CT molecular complexity index is 2790. The molecule has 53 heavy (non-hydrogen) atoms. The third-order valence-electron chi connectivity index (χ3n) is 10.2. The van der Waals surface area contributed by atoms with Crippen LogP contribution in [0.5, 0.6) is 28.7 Å². The summed E-state index contributed by atoms with van der Waals surface area (Å²) in [6.07, 6.45) is 0. The van der Waals surface area contributed by atoms with E-state index in [0.29, 0.717) is 16.3 Å². The topological polar surface area (TPSA) is 101 Å². The molecule has 0 heterocycles. The van der Waals surface area contributed by atoms with Crippen LogP contribution in [-0.2, 0) is 0 Å². The number of rotatable bonds is 5. The van der Waals surface area contributed by atoms with Gasteiger partial charge in [0.1, 0.15) is 0 Å². The van der Waals surface area contributed by atoms with E-state index < -0.39 is 28.7 Å². The number of fused-ring (bicyclic) bond motifs is 3. The van der Waals surface area contributed by atoms with Gasteiger partial charge in [-0.15, -0.1) is 0 Å². The molecule has 0 atom stereocenters. The Kier molecular flexibility index (Phi) is 7.49. The van der Waals surface area contributed by atoms with Crippen LogP contribution in [0.3, 0.4) is 0 Å². The molecule has 0 unspecified atom stereocenters. The molecule has 0 aliphatic rings. The average molecular weight is 689 g/mol. The average Bonchev–Trinajstić information content (AvgIpc) is 3.22. The number of hydrogen-bond acceptors (Lipinski definition) is 5. The standard InChI is InChI=1S/C48H32O5/c49-44-43(45(50)47(52)48(53)46(44)51)42-38-17-6-4-15-36(38)41(37-16-5-7-18-39(37)42)34-25-24-31-12-9-19-35(40(31)27-34)33-14-8-13-32(26-33)30-22-20-29(21-23-30)28-10-2-1-3-11-28/h1-27,49-53H. The quantitative estimate of drug-likeness (QED) is 0.0704. The van der Waals surface area contributed by atoms with E-state index >= 15 is 0 Å². The Hall–Kier alpha value is -7.24. The molecule has 0 amide bonds. The van der Waals surface area contributed by atoms with E-state index in [4.69, 9.17) is 0 Å². The third kappa shape index (κ3) is 5.17. The molecule has 0 bridgehead atoms. The largest absolute Gasteiger partial charge is 0.504 e. The van der Waals surface area contributed by atoms with E-state index in [1.165, 1.54) is 11.1 Å². The lowest BCUT2D eigenvalue weighted by atomic mass is 9.84. The molecule has 5 nitrogen and oxygen atoms in total. The number of aromatic hydroxyl groups is 5. The van der Waals surface area contributed by atoms with E-state index in [9.17, 15) is 25.5 Å². The molecule has 0 spiro atoms. The number of phenolic OH excluding ortho intramolecular Hbond substituents is 5. The van der Waals surface area contributed by atoms with Crippen molar-refractivity contribution in [2.75, 3.05) is 0 Å². The van der Waals surface area contributed by atoms with E-state index in [2.05, 4.69) is 109 Å². The van der Waals surface area contributed by atoms with Gasteiger partial charge >= 0.3 is 0 Å². The molecule has 0 radical (unpaired) electrons. The summed E-state index contributed by atoms with van der Waals surface area (Å²) < 4.78 is 0. The highest BCUT2D eigenvalue weighted by Crippen LogP contribution is 2.57. The fraction of sp³-hybridized carbons (Fsp3) is 0. The van der Waals surface area contributed by atoms with Gasteiger partial charge in [-0.05, 0) is 89.0 Å². The van der Waals surface area contributed by atoms with Crippen molar-refractivity contribution < 1.29 is 25.5 Å². The lowest BCUT2D eigenvalue weighted by Gasteiger charge is -2.20. The van der Waals surface area contributed by atoms with Crippen molar-refractivity contribution in [3.05, 3.63) is 164 Å². The molecule has 9 rings (SSSR count). The van der Waals surface area contributed by atoms with Crippen LogP contribution in [0.15, 0.2) is 164 Å². The van der Waals surface area contributed by atoms with Gasteiger partial charge < -0.3 is 25.5 Å². The third-order valence-corrected chi connectivity index (χ3v) is 10.2. The highest BCUT2D eigenvalue weighted by atomic mass is 16.4. The van der Waals surface area contributed by atoms with Crippen LogP contribution in [0.4, 0.5) is 0 Å². The Balaban J connectivity index is 1.22. The second-order valence-electron chi connectivity index (χ2n) is 13.2. The van der Waals surface area contributed by atoms with E-state index in [-0.39, 0.29) is 5.56 Å². The van der Waals surface area contributed by atoms with Gasteiger partial charge in [0.15, 0.2) is 11.5 Å². The minimum atomic E-state index is -0.993. The maximum absolute atomic E-state index is 11.1. The summed E-state index contributed by atoms with van der Waals surface area (Å²) in [6, 6.07) is 55.8. The van der Waals surface area contributed by atoms with Crippen molar-refractivity contribution in [3.8, 4) is 84.4 Å². The first-order valence-corrected chi connectivity index (χ1v) is 17.3. The fourth-order valence-electron chi connectivity index (χ4n) is 7.66. The first-order valence-electron chi connectivity index (χ1n) is 17.3. The summed E-state index contributed by atoms with van der Waals surface area (Å²) in [5.74, 6) is -4.28. The lowest BCUT2D eigenvalue weighted by molar-refractivity contribution is 0.330. The Morgan fingerprint density at radius 3 is 1.32 bits per heavy atom. The molecule has 0 aliphatic heterocycles. The molecule has 9 aromatic carbocycles. The van der Waals surface area contributed by atoms with Crippen LogP contribution in [0.1, 0.15) is 0 Å². The molecular weight excluding hydrogens is 657 g/mol. The highest BCUT2D eigenvalue weighted by Gasteiger charge is 2.28. The van der Waals surface area contributed by atoms with Gasteiger partial charge in [-0.3, -0.25) is 0 Å². The number of benzene rings is 9. The summed E-state index contributed by atoms with van der Waals surface area (Å²) in [5.41, 5.74) is 8.98. The van der Waals surface area contributed by atoms with Crippen molar-refractivity contribution in [2.45, 2.75) is 0 Å². The molecule has 5 N–H and O–H groups in total. The van der Waals surface area contributed by atoms with Crippen LogP contribution >= 0.6 is 0 Å². The second-order valence-corrected chi connectivity index (χ2v) is 13.2. The van der Waals surface area contributed by atoms with Crippen LogP contribution in [0.2, 0.25) is 0 Å². The summed E-state index contributed by atoms with van der Waals surface area (Å²) in [7, 11) is 0. The zero-order valence-electron chi connectivity index (χ0n) is 28.3. The van der Waals surface area contributed by atoms with E-state index in [1.807, 2.05) is 54.6 Å². The van der Waals surface area contributed by atoms with Gasteiger partial charge in [-0.25, -0.2) is 0 Å². The van der Waals surface area contributed by atoms with E-state index in [1.54, 1.807) is 0 Å². The SMILES string of the molecule is Oc1c(O)c(O)c(-c2c3ccccc3c(-c3ccc4cccc(-c5cccc(-c6ccc(-c7ccccc7)cc6)c5)c4c3)c3ccccc23)c(O)c1O. The molecule has 0 aromatic heterocycles. The minimum absolute atomic E-state index is 0.174. The number of hydrogen-bond donors (Lipinski definition) is 5. The maximum Gasteiger partial charge on any atom is 0.208 e. The molecule has 5 heteroatoms. The fourth-order valence-corrected chi connectivity index (χ4v) is 7.66. The van der Waals surface area contributed by atoms with Gasteiger partial charge in [-0.2, -0.15) is 0 Å². The first-order chi connectivity index (χ1) is 25.9. The van der Waals surface area contributed by atoms with Crippen LogP contribution in [0, 0.1) is 0 Å². The van der Waals surface area contributed by atoms with Gasteiger partial charge in [0.25, 0.3) is 0 Å². The van der Waals surface area contributed by atoms with Crippen molar-refractivity contribution in [2.24, 2.45) is 0 Å². The van der Waals surface area contributed by atoms with Crippen LogP contribution in [0.25, 0.3) is 88.0 Å². The lowest BCUT2D eigenvalue weighted by Crippen LogP contribution is -1.92. The second kappa shape index (κ2) is 12.5. The molecular formula is C48H32O5. The monoisotopic (exact) mass is 688 g/mol. The number of phenols is 5. The summed E-state index contributed by atoms with van der Waals surface area (Å²) in [4.78, 5) is 0. The normalized spacial score (nSPS) is 11.4. The van der Waals surface area contributed by atoms with Crippen LogP contribution in [-0.4, -0.2) is 25.5 Å². The zero-order chi connectivity index (χ0) is 36.2. The molecule has 0 fully saturated rings. The predicted octanol–water partition coefficient (Wildman–Crippen LogP) is 12.0. The molecule has 0 aliphatic carbocycles. The Morgan fingerprint density at radius 2 is 0.698 bits per heavy atom. The van der Waals surface area contributed by atoms with Gasteiger partial charge in [-0.1, -0.05) is 152 Å². The summed E-state index contributed by atoms with van der Waals surface area (Å²) in [6.45, 7) is 0. The van der Waals surface area contributed by atoms with Gasteiger partial charge in [0.05, 0.1) is 5.56 Å². The zero-order valence-corrected chi connectivity index (χ0v) is 28.3. The van der Waals surface area contributed by atoms with Crippen LogP contribution < -0.4 is 0 Å². The highest BCUT2D eigenvalue weighted by molar-refractivity contribution is 6.23. The van der Waals surface area contributed by atoms with Gasteiger partial charge in [0.2, 0.25) is 17.2 Å². The van der Waals surface area contributed by atoms with Crippen molar-refractivity contribution in [1.29, 1.82) is 0 Å². The Morgan fingerprint density at radius 1 is 0.245 bits per heavy atom. The first kappa shape index (κ1) is 31.7. The van der Waals surface area contributed by atoms with Crippen molar-refractivity contribution in [3.63, 3.8) is 0 Å². The maximum atomic E-state index is 11.1. The summed E-state index contributed by atoms with van der Waals surface area (Å²) >= 11 is 0. The molecule has 254 valence electrons. The van der Waals surface area contributed by atoms with Crippen molar-refractivity contribution >= 4 is 32.3 Å². The molecule has 9 aromatic rings. The Labute approximate surface area is 305 Å². The smallest absolute Gasteiger partial charge is 0.208 e. The molecule has 0 saturated heterocycles. The summed E-state index contributed by atoms with van der Waals surface area (Å²) in [5, 5.41) is 58.5. The van der Waals surface area contributed by atoms with E-state index in [0.717, 1.165) is 54.9 Å². The molecule has 0 saturated carbocycles. The van der Waals surface area contributed by atoms with Gasteiger partial charge in [0, 0.05) is 5.56 Å². The predicted molar refractivity (Wildman–Crippen MR) is 214 cm³/mol.